The smallest absolute Gasteiger partial charge is 0.322 e. The Morgan fingerprint density at radius 1 is 1.13 bits per heavy atom. The lowest BCUT2D eigenvalue weighted by atomic mass is 10.0. The molecule has 3 aromatic rings. The predicted molar refractivity (Wildman–Crippen MR) is 147 cm³/mol. The Labute approximate surface area is 225 Å². The SMILES string of the molecule is CC(C)CC(NC(=O)c1cc2ccccc2s1)C(=O)NC1CCCN(C(=O)Nc2ccccc2F)C[C@@H]1O. The molecule has 2 heterocycles. The molecule has 0 spiro atoms. The number of aliphatic hydroxyl groups excluding tert-OH is 1. The lowest BCUT2D eigenvalue weighted by Gasteiger charge is -2.27. The van der Waals surface area contributed by atoms with Gasteiger partial charge in [0, 0.05) is 11.2 Å². The fraction of sp³-hybridized carbons (Fsp3) is 0.393. The molecule has 0 radical (unpaired) electrons. The number of benzene rings is 2. The van der Waals surface area contributed by atoms with Gasteiger partial charge in [0.05, 0.1) is 29.3 Å². The van der Waals surface area contributed by atoms with Crippen LogP contribution in [0.4, 0.5) is 14.9 Å². The number of rotatable bonds is 7. The van der Waals surface area contributed by atoms with Crippen molar-refractivity contribution in [3.63, 3.8) is 0 Å². The van der Waals surface area contributed by atoms with Gasteiger partial charge in [0.1, 0.15) is 11.9 Å². The summed E-state index contributed by atoms with van der Waals surface area (Å²) in [5.41, 5.74) is 0.0620. The van der Waals surface area contributed by atoms with Crippen molar-refractivity contribution in [1.82, 2.24) is 15.5 Å². The number of halogens is 1. The molecule has 10 heteroatoms. The Hall–Kier alpha value is -3.50. The molecule has 1 fully saturated rings. The lowest BCUT2D eigenvalue weighted by molar-refractivity contribution is -0.125. The monoisotopic (exact) mass is 540 g/mol. The minimum atomic E-state index is -1.02. The van der Waals surface area contributed by atoms with Crippen molar-refractivity contribution in [3.05, 3.63) is 65.3 Å². The first kappa shape index (κ1) is 27.5. The van der Waals surface area contributed by atoms with E-state index in [4.69, 9.17) is 0 Å². The summed E-state index contributed by atoms with van der Waals surface area (Å²) in [5, 5.41) is 20.1. The highest BCUT2D eigenvalue weighted by molar-refractivity contribution is 7.20. The largest absolute Gasteiger partial charge is 0.389 e. The molecule has 8 nitrogen and oxygen atoms in total. The molecule has 3 atom stereocenters. The molecule has 0 aliphatic carbocycles. The van der Waals surface area contributed by atoms with Crippen LogP contribution in [0.15, 0.2) is 54.6 Å². The molecule has 1 aliphatic rings. The van der Waals surface area contributed by atoms with Crippen molar-refractivity contribution < 1.29 is 23.9 Å². The number of aliphatic hydroxyl groups is 1. The number of carbonyl (C=O) groups excluding carboxylic acids is 3. The molecule has 4 amide bonds. The molecule has 1 aromatic heterocycles. The Morgan fingerprint density at radius 3 is 2.61 bits per heavy atom. The summed E-state index contributed by atoms with van der Waals surface area (Å²) in [7, 11) is 0. The van der Waals surface area contributed by atoms with Crippen molar-refractivity contribution in [2.24, 2.45) is 5.92 Å². The van der Waals surface area contributed by atoms with Crippen LogP contribution in [-0.2, 0) is 4.79 Å². The van der Waals surface area contributed by atoms with Gasteiger partial charge < -0.3 is 26.0 Å². The van der Waals surface area contributed by atoms with Gasteiger partial charge >= 0.3 is 6.03 Å². The van der Waals surface area contributed by atoms with E-state index in [1.165, 1.54) is 34.4 Å². The van der Waals surface area contributed by atoms with Gasteiger partial charge in [-0.1, -0.05) is 44.2 Å². The predicted octanol–water partition coefficient (Wildman–Crippen LogP) is 4.36. The highest BCUT2D eigenvalue weighted by atomic mass is 32.1. The number of likely N-dealkylation sites (tertiary alicyclic amines) is 1. The van der Waals surface area contributed by atoms with E-state index >= 15 is 0 Å². The molecule has 38 heavy (non-hydrogen) atoms. The van der Waals surface area contributed by atoms with Gasteiger partial charge in [-0.15, -0.1) is 11.3 Å². The summed E-state index contributed by atoms with van der Waals surface area (Å²) >= 11 is 1.37. The van der Waals surface area contributed by atoms with Crippen LogP contribution >= 0.6 is 11.3 Å². The van der Waals surface area contributed by atoms with Crippen molar-refractivity contribution in [1.29, 1.82) is 0 Å². The molecule has 0 saturated carbocycles. The number of urea groups is 1. The van der Waals surface area contributed by atoms with Crippen LogP contribution in [0.25, 0.3) is 10.1 Å². The molecular weight excluding hydrogens is 507 g/mol. The maximum absolute atomic E-state index is 13.9. The fourth-order valence-electron chi connectivity index (χ4n) is 4.56. The van der Waals surface area contributed by atoms with Crippen LogP contribution in [0.3, 0.4) is 0 Å². The van der Waals surface area contributed by atoms with Crippen LogP contribution in [0.1, 0.15) is 42.8 Å². The number of nitrogens with one attached hydrogen (secondary N) is 3. The molecule has 4 rings (SSSR count). The number of nitrogens with zero attached hydrogens (tertiary/aromatic N) is 1. The van der Waals surface area contributed by atoms with Crippen LogP contribution < -0.4 is 16.0 Å². The maximum Gasteiger partial charge on any atom is 0.322 e. The molecule has 2 unspecified atom stereocenters. The third-order valence-corrected chi connectivity index (χ3v) is 7.64. The van der Waals surface area contributed by atoms with E-state index in [9.17, 15) is 23.9 Å². The summed E-state index contributed by atoms with van der Waals surface area (Å²) in [6, 6.07) is 13.5. The first-order chi connectivity index (χ1) is 18.2. The van der Waals surface area contributed by atoms with Crippen LogP contribution in [0, 0.1) is 11.7 Å². The Kier molecular flexibility index (Phi) is 8.96. The van der Waals surface area contributed by atoms with Crippen molar-refractivity contribution in [3.8, 4) is 0 Å². The zero-order valence-corrected chi connectivity index (χ0v) is 22.3. The van der Waals surface area contributed by atoms with Gasteiger partial charge in [0.25, 0.3) is 5.91 Å². The Balaban J connectivity index is 1.38. The Bertz CT molecular complexity index is 1260. The van der Waals surface area contributed by atoms with E-state index in [0.29, 0.717) is 30.7 Å². The zero-order valence-electron chi connectivity index (χ0n) is 21.4. The van der Waals surface area contributed by atoms with Gasteiger partial charge in [-0.2, -0.15) is 0 Å². The minimum Gasteiger partial charge on any atom is -0.389 e. The van der Waals surface area contributed by atoms with E-state index < -0.39 is 30.0 Å². The summed E-state index contributed by atoms with van der Waals surface area (Å²) in [6.45, 7) is 4.27. The second-order valence-corrected chi connectivity index (χ2v) is 11.1. The van der Waals surface area contributed by atoms with E-state index in [2.05, 4.69) is 16.0 Å². The number of hydrogen-bond donors (Lipinski definition) is 4. The second kappa shape index (κ2) is 12.4. The first-order valence-corrected chi connectivity index (χ1v) is 13.6. The molecule has 4 N–H and O–H groups in total. The molecule has 1 aliphatic heterocycles. The minimum absolute atomic E-state index is 0.0196. The average Bonchev–Trinajstić information content (AvgIpc) is 3.24. The number of thiophene rings is 1. The molecule has 2 aromatic carbocycles. The molecule has 202 valence electrons. The fourth-order valence-corrected chi connectivity index (χ4v) is 5.52. The van der Waals surface area contributed by atoms with Crippen molar-refractivity contribution in [2.45, 2.75) is 51.3 Å². The van der Waals surface area contributed by atoms with Crippen molar-refractivity contribution in [2.75, 3.05) is 18.4 Å². The molecule has 0 bridgehead atoms. The second-order valence-electron chi connectivity index (χ2n) is 9.98. The first-order valence-electron chi connectivity index (χ1n) is 12.8. The number of para-hydroxylation sites is 1. The zero-order chi connectivity index (χ0) is 27.2. The summed E-state index contributed by atoms with van der Waals surface area (Å²) in [5.74, 6) is -1.09. The summed E-state index contributed by atoms with van der Waals surface area (Å²) < 4.78 is 14.9. The maximum atomic E-state index is 13.9. The Morgan fingerprint density at radius 2 is 1.87 bits per heavy atom. The topological polar surface area (TPSA) is 111 Å². The van der Waals surface area contributed by atoms with E-state index in [-0.39, 0.29) is 30.0 Å². The number of anilines is 1. The number of fused-ring (bicyclic) bond motifs is 1. The number of carbonyl (C=O) groups is 3. The van der Waals surface area contributed by atoms with Gasteiger partial charge in [-0.05, 0) is 54.8 Å². The van der Waals surface area contributed by atoms with E-state index in [0.717, 1.165) is 10.1 Å². The van der Waals surface area contributed by atoms with Gasteiger partial charge in [-0.3, -0.25) is 9.59 Å². The highest BCUT2D eigenvalue weighted by Crippen LogP contribution is 2.25. The van der Waals surface area contributed by atoms with E-state index in [1.54, 1.807) is 6.07 Å². The quantitative estimate of drug-likeness (QED) is 0.357. The normalized spacial score (nSPS) is 18.6. The number of amides is 4. The van der Waals surface area contributed by atoms with Crippen LogP contribution in [0.2, 0.25) is 0 Å². The van der Waals surface area contributed by atoms with Gasteiger partial charge in [0.15, 0.2) is 0 Å². The highest BCUT2D eigenvalue weighted by Gasteiger charge is 2.32. The van der Waals surface area contributed by atoms with Gasteiger partial charge in [0.2, 0.25) is 5.91 Å². The number of hydrogen-bond acceptors (Lipinski definition) is 5. The van der Waals surface area contributed by atoms with E-state index in [1.807, 2.05) is 44.2 Å². The third kappa shape index (κ3) is 6.87. The van der Waals surface area contributed by atoms with Crippen molar-refractivity contribution >= 4 is 45.0 Å². The van der Waals surface area contributed by atoms with Crippen LogP contribution in [0.5, 0.6) is 0 Å². The third-order valence-electron chi connectivity index (χ3n) is 6.52. The lowest BCUT2D eigenvalue weighted by Crippen LogP contribution is -2.54. The number of β-amino-alcohol motifs (C(OH)–C–C–N with tert-alkyl or cyclic N) is 1. The van der Waals surface area contributed by atoms with Crippen LogP contribution in [-0.4, -0.2) is 59.1 Å². The standard InChI is InChI=1S/C28H33FN4O4S/c1-17(2)14-22(31-27(36)25-15-18-8-3-6-12-24(18)38-25)26(35)30-21-11-7-13-33(16-23(21)34)28(37)32-20-10-5-4-9-19(20)29/h3-6,8-10,12,15,17,21-23,34H,7,11,13-14,16H2,1-2H3,(H,30,35)(H,31,36)(H,32,37)/t21?,22?,23-/m0/s1. The summed E-state index contributed by atoms with van der Waals surface area (Å²) in [6.07, 6.45) is 0.401. The van der Waals surface area contributed by atoms with Gasteiger partial charge in [-0.25, -0.2) is 9.18 Å². The summed E-state index contributed by atoms with van der Waals surface area (Å²) in [4.78, 5) is 40.9. The average molecular weight is 541 g/mol. The molecular formula is C28H33FN4O4S. The molecule has 1 saturated heterocycles.